The SMILES string of the molecule is Cc1ccc(S(=O)(=O)NC(C(=O)OCC(=O)Nc2cc([N+](=O)[O-])ccc2C)C(C)O)cc1. The Balaban J connectivity index is 2.04. The molecule has 1 amide bonds. The van der Waals surface area contributed by atoms with Gasteiger partial charge in [0.2, 0.25) is 10.0 Å². The summed E-state index contributed by atoms with van der Waals surface area (Å²) in [5.41, 5.74) is 1.30. The number of sulfonamides is 1. The zero-order valence-corrected chi connectivity index (χ0v) is 18.4. The van der Waals surface area contributed by atoms with E-state index in [1.54, 1.807) is 26.0 Å². The predicted octanol–water partition coefficient (Wildman–Crippen LogP) is 1.42. The summed E-state index contributed by atoms with van der Waals surface area (Å²) in [6, 6.07) is 8.06. The highest BCUT2D eigenvalue weighted by molar-refractivity contribution is 7.89. The molecule has 2 atom stereocenters. The lowest BCUT2D eigenvalue weighted by Crippen LogP contribution is -2.48. The van der Waals surface area contributed by atoms with Crippen molar-refractivity contribution < 1.29 is 32.8 Å². The van der Waals surface area contributed by atoms with Crippen molar-refractivity contribution >= 4 is 33.3 Å². The van der Waals surface area contributed by atoms with Gasteiger partial charge in [-0.05, 0) is 38.5 Å². The maximum Gasteiger partial charge on any atom is 0.327 e. The Kier molecular flexibility index (Phi) is 8.02. The van der Waals surface area contributed by atoms with Crippen LogP contribution in [0.2, 0.25) is 0 Å². The van der Waals surface area contributed by atoms with E-state index in [2.05, 4.69) is 10.0 Å². The summed E-state index contributed by atoms with van der Waals surface area (Å²) in [5, 5.41) is 23.1. The van der Waals surface area contributed by atoms with Crippen LogP contribution >= 0.6 is 0 Å². The highest BCUT2D eigenvalue weighted by Crippen LogP contribution is 2.21. The molecule has 12 heteroatoms. The summed E-state index contributed by atoms with van der Waals surface area (Å²) in [5.74, 6) is -1.96. The van der Waals surface area contributed by atoms with E-state index in [1.807, 2.05) is 0 Å². The molecular weight excluding hydrogens is 442 g/mol. The fourth-order valence-electron chi connectivity index (χ4n) is 2.57. The van der Waals surface area contributed by atoms with Gasteiger partial charge in [0.15, 0.2) is 6.61 Å². The number of benzene rings is 2. The van der Waals surface area contributed by atoms with Crippen LogP contribution in [0.4, 0.5) is 11.4 Å². The van der Waals surface area contributed by atoms with E-state index in [-0.39, 0.29) is 16.3 Å². The van der Waals surface area contributed by atoms with Crippen molar-refractivity contribution in [3.05, 3.63) is 63.7 Å². The fourth-order valence-corrected chi connectivity index (χ4v) is 3.83. The topological polar surface area (TPSA) is 165 Å². The molecule has 0 spiro atoms. The van der Waals surface area contributed by atoms with Crippen molar-refractivity contribution in [1.29, 1.82) is 0 Å². The number of carbonyl (C=O) groups excluding carboxylic acids is 2. The Hall–Kier alpha value is -3.35. The molecule has 0 aliphatic carbocycles. The second kappa shape index (κ2) is 10.3. The molecule has 11 nitrogen and oxygen atoms in total. The zero-order valence-electron chi connectivity index (χ0n) is 17.6. The summed E-state index contributed by atoms with van der Waals surface area (Å²) < 4.78 is 31.9. The van der Waals surface area contributed by atoms with Gasteiger partial charge in [-0.1, -0.05) is 23.8 Å². The Labute approximate surface area is 184 Å². The normalized spacial score (nSPS) is 13.1. The van der Waals surface area contributed by atoms with Gasteiger partial charge in [-0.15, -0.1) is 0 Å². The average molecular weight is 465 g/mol. The second-order valence-corrected chi connectivity index (χ2v) is 8.78. The minimum absolute atomic E-state index is 0.111. The van der Waals surface area contributed by atoms with Crippen LogP contribution in [-0.4, -0.2) is 49.1 Å². The molecule has 0 radical (unpaired) electrons. The molecule has 2 unspecified atom stereocenters. The Morgan fingerprint density at radius 2 is 1.78 bits per heavy atom. The van der Waals surface area contributed by atoms with Crippen molar-refractivity contribution in [3.63, 3.8) is 0 Å². The third-order valence-electron chi connectivity index (χ3n) is 4.40. The first-order valence-electron chi connectivity index (χ1n) is 9.39. The lowest BCUT2D eigenvalue weighted by Gasteiger charge is -2.20. The molecule has 0 aliphatic rings. The standard InChI is InChI=1S/C20H23N3O8S/c1-12-4-8-16(9-5-12)32(29,30)22-19(14(3)24)20(26)31-11-18(25)21-17-10-15(23(27)28)7-6-13(17)2/h4-10,14,19,22,24H,11H2,1-3H3,(H,21,25). The van der Waals surface area contributed by atoms with Crippen molar-refractivity contribution in [3.8, 4) is 0 Å². The van der Waals surface area contributed by atoms with E-state index in [1.165, 1.54) is 31.2 Å². The van der Waals surface area contributed by atoms with Crippen molar-refractivity contribution in [2.75, 3.05) is 11.9 Å². The number of aryl methyl sites for hydroxylation is 2. The van der Waals surface area contributed by atoms with Gasteiger partial charge in [-0.25, -0.2) is 8.42 Å². The van der Waals surface area contributed by atoms with Crippen LogP contribution in [0.15, 0.2) is 47.4 Å². The number of nitro benzene ring substituents is 1. The molecule has 32 heavy (non-hydrogen) atoms. The highest BCUT2D eigenvalue weighted by Gasteiger charge is 2.31. The molecule has 0 saturated carbocycles. The van der Waals surface area contributed by atoms with Crippen LogP contribution in [0, 0.1) is 24.0 Å². The van der Waals surface area contributed by atoms with Crippen molar-refractivity contribution in [2.45, 2.75) is 37.8 Å². The molecule has 0 aromatic heterocycles. The van der Waals surface area contributed by atoms with Crippen LogP contribution in [0.5, 0.6) is 0 Å². The Bertz CT molecular complexity index is 1110. The number of hydrogen-bond donors (Lipinski definition) is 3. The minimum Gasteiger partial charge on any atom is -0.454 e. The molecule has 0 aliphatic heterocycles. The van der Waals surface area contributed by atoms with Gasteiger partial charge >= 0.3 is 5.97 Å². The number of anilines is 1. The number of nitrogens with one attached hydrogen (secondary N) is 2. The second-order valence-electron chi connectivity index (χ2n) is 7.06. The molecule has 3 N–H and O–H groups in total. The van der Waals surface area contributed by atoms with Crippen LogP contribution < -0.4 is 10.0 Å². The number of nitro groups is 1. The van der Waals surface area contributed by atoms with Gasteiger partial charge in [0.05, 0.1) is 21.6 Å². The number of nitrogens with zero attached hydrogens (tertiary/aromatic N) is 1. The van der Waals surface area contributed by atoms with Crippen molar-refractivity contribution in [1.82, 2.24) is 4.72 Å². The van der Waals surface area contributed by atoms with Crippen molar-refractivity contribution in [2.24, 2.45) is 0 Å². The van der Waals surface area contributed by atoms with Crippen LogP contribution in [0.3, 0.4) is 0 Å². The van der Waals surface area contributed by atoms with Gasteiger partial charge in [0, 0.05) is 12.1 Å². The fraction of sp³-hybridized carbons (Fsp3) is 0.300. The molecule has 0 heterocycles. The molecule has 2 aromatic rings. The van der Waals surface area contributed by atoms with E-state index in [0.717, 1.165) is 11.6 Å². The van der Waals surface area contributed by atoms with Crippen LogP contribution in [0.1, 0.15) is 18.1 Å². The number of hydrogen-bond acceptors (Lipinski definition) is 8. The monoisotopic (exact) mass is 465 g/mol. The number of carbonyl (C=O) groups is 2. The van der Waals surface area contributed by atoms with Gasteiger partial charge < -0.3 is 15.2 Å². The minimum atomic E-state index is -4.15. The molecule has 0 bridgehead atoms. The van der Waals surface area contributed by atoms with Gasteiger partial charge in [0.25, 0.3) is 11.6 Å². The summed E-state index contributed by atoms with van der Waals surface area (Å²) in [6.45, 7) is 3.79. The van der Waals surface area contributed by atoms with E-state index in [4.69, 9.17) is 4.74 Å². The van der Waals surface area contributed by atoms with E-state index < -0.39 is 45.6 Å². The maximum atomic E-state index is 12.5. The van der Waals surface area contributed by atoms with Gasteiger partial charge in [-0.2, -0.15) is 4.72 Å². The van der Waals surface area contributed by atoms with E-state index >= 15 is 0 Å². The quantitative estimate of drug-likeness (QED) is 0.284. The van der Waals surface area contributed by atoms with Crippen LogP contribution in [0.25, 0.3) is 0 Å². The molecule has 0 saturated heterocycles. The smallest absolute Gasteiger partial charge is 0.327 e. The number of ether oxygens (including phenoxy) is 1. The predicted molar refractivity (Wildman–Crippen MR) is 114 cm³/mol. The summed E-state index contributed by atoms with van der Waals surface area (Å²) in [6.07, 6.45) is -1.45. The summed E-state index contributed by atoms with van der Waals surface area (Å²) in [4.78, 5) is 34.6. The number of rotatable bonds is 9. The number of amides is 1. The highest BCUT2D eigenvalue weighted by atomic mass is 32.2. The van der Waals surface area contributed by atoms with Crippen LogP contribution in [-0.2, 0) is 24.3 Å². The number of aliphatic hydroxyl groups excluding tert-OH is 1. The van der Waals surface area contributed by atoms with Gasteiger partial charge in [-0.3, -0.25) is 19.7 Å². The van der Waals surface area contributed by atoms with E-state index in [9.17, 15) is 33.2 Å². The molecular formula is C20H23N3O8S. The Morgan fingerprint density at radius 3 is 2.34 bits per heavy atom. The average Bonchev–Trinajstić information content (AvgIpc) is 2.72. The molecule has 2 rings (SSSR count). The lowest BCUT2D eigenvalue weighted by atomic mass is 10.2. The first kappa shape index (κ1) is 24.9. The maximum absolute atomic E-state index is 12.5. The number of esters is 1. The first-order chi connectivity index (χ1) is 14.9. The molecule has 172 valence electrons. The summed E-state index contributed by atoms with van der Waals surface area (Å²) in [7, 11) is -4.15. The van der Waals surface area contributed by atoms with Gasteiger partial charge in [0.1, 0.15) is 6.04 Å². The molecule has 0 fully saturated rings. The summed E-state index contributed by atoms with van der Waals surface area (Å²) >= 11 is 0. The lowest BCUT2D eigenvalue weighted by molar-refractivity contribution is -0.384. The first-order valence-corrected chi connectivity index (χ1v) is 10.9. The number of non-ortho nitro benzene ring substituents is 1. The van der Waals surface area contributed by atoms with E-state index in [0.29, 0.717) is 5.56 Å². The molecule has 2 aromatic carbocycles. The number of aliphatic hydroxyl groups is 1. The third kappa shape index (κ3) is 6.57. The Morgan fingerprint density at radius 1 is 1.16 bits per heavy atom. The largest absolute Gasteiger partial charge is 0.454 e. The zero-order chi connectivity index (χ0) is 24.1. The third-order valence-corrected chi connectivity index (χ3v) is 5.86.